The summed E-state index contributed by atoms with van der Waals surface area (Å²) >= 11 is 0. The smallest absolute Gasteiger partial charge is 0.328 e. The highest BCUT2D eigenvalue weighted by atomic mass is 16.8. The number of fused-ring (bicyclic) bond motifs is 1. The van der Waals surface area contributed by atoms with E-state index in [1.54, 1.807) is 34.6 Å². The van der Waals surface area contributed by atoms with E-state index in [4.69, 9.17) is 30.1 Å². The van der Waals surface area contributed by atoms with Crippen LogP contribution in [0.1, 0.15) is 61.3 Å². The predicted octanol–water partition coefficient (Wildman–Crippen LogP) is 0.900. The molecular formula is C28H46N4O9. The quantitative estimate of drug-likeness (QED) is 0.225. The molecule has 2 rings (SSSR count). The van der Waals surface area contributed by atoms with Crippen LogP contribution in [0.25, 0.3) is 0 Å². The van der Waals surface area contributed by atoms with Crippen molar-refractivity contribution in [2.45, 2.75) is 109 Å². The van der Waals surface area contributed by atoms with Gasteiger partial charge in [0.15, 0.2) is 12.1 Å². The fourth-order valence-corrected chi connectivity index (χ4v) is 4.75. The molecule has 0 aliphatic carbocycles. The highest BCUT2D eigenvalue weighted by Crippen LogP contribution is 2.39. The molecule has 2 saturated heterocycles. The molecule has 0 spiro atoms. The van der Waals surface area contributed by atoms with Crippen LogP contribution in [0.15, 0.2) is 0 Å². The summed E-state index contributed by atoms with van der Waals surface area (Å²) in [5.74, 6) is -0.498. The van der Waals surface area contributed by atoms with Crippen molar-refractivity contribution in [2.75, 3.05) is 27.3 Å². The van der Waals surface area contributed by atoms with E-state index in [1.165, 1.54) is 19.1 Å². The van der Waals surface area contributed by atoms with E-state index in [9.17, 15) is 19.2 Å². The summed E-state index contributed by atoms with van der Waals surface area (Å²) < 4.78 is 28.4. The van der Waals surface area contributed by atoms with E-state index < -0.39 is 78.2 Å². The zero-order valence-electron chi connectivity index (χ0n) is 25.6. The summed E-state index contributed by atoms with van der Waals surface area (Å²) in [6.45, 7) is 12.4. The molecular weight excluding hydrogens is 536 g/mol. The first kappa shape index (κ1) is 34.3. The zero-order chi connectivity index (χ0) is 31.1. The molecule has 0 bridgehead atoms. The van der Waals surface area contributed by atoms with Crippen molar-refractivity contribution < 1.29 is 42.9 Å². The molecule has 0 radical (unpaired) electrons. The molecule has 232 valence electrons. The van der Waals surface area contributed by atoms with E-state index in [0.29, 0.717) is 0 Å². The van der Waals surface area contributed by atoms with Crippen molar-refractivity contribution in [2.24, 2.45) is 5.92 Å². The maximum Gasteiger partial charge on any atom is 0.328 e. The third-order valence-electron chi connectivity index (χ3n) is 6.41. The van der Waals surface area contributed by atoms with Gasteiger partial charge >= 0.3 is 12.0 Å². The molecule has 13 nitrogen and oxygen atoms in total. The van der Waals surface area contributed by atoms with Gasteiger partial charge in [-0.3, -0.25) is 9.59 Å². The molecule has 6 atom stereocenters. The van der Waals surface area contributed by atoms with Crippen LogP contribution in [0.2, 0.25) is 0 Å². The van der Waals surface area contributed by atoms with Gasteiger partial charge in [-0.1, -0.05) is 19.8 Å². The van der Waals surface area contributed by atoms with Crippen molar-refractivity contribution in [3.05, 3.63) is 0 Å². The van der Waals surface area contributed by atoms with Gasteiger partial charge in [0.25, 0.3) is 0 Å². The van der Waals surface area contributed by atoms with E-state index in [-0.39, 0.29) is 25.4 Å². The standard InChI is InChI=1S/C28H46N4O9/c1-11-12-29-20(33)14-18(23(34)30-17(13-16(2)3)24(35)37-9)32(26(36)31-27(4,5)6)15-19-21-22(25(38-10)39-19)41-28(7,8)40-21/h1,16-19,21-22,25H,12-15H2,2-10H3,(H,29,33)(H,30,34)(H,31,36)/t17-,18?,19+,21+,22+,25+/m0/s1. The van der Waals surface area contributed by atoms with Gasteiger partial charge in [0.2, 0.25) is 11.8 Å². The number of hydrogen-bond donors (Lipinski definition) is 3. The Bertz CT molecular complexity index is 988. The minimum absolute atomic E-state index is 0.0368. The molecule has 0 saturated carbocycles. The number of rotatable bonds is 12. The Balaban J connectivity index is 2.48. The molecule has 2 aliphatic rings. The Morgan fingerprint density at radius 3 is 2.27 bits per heavy atom. The molecule has 2 aliphatic heterocycles. The van der Waals surface area contributed by atoms with Crippen LogP contribution < -0.4 is 16.0 Å². The van der Waals surface area contributed by atoms with E-state index in [1.807, 2.05) is 13.8 Å². The van der Waals surface area contributed by atoms with Crippen molar-refractivity contribution in [3.8, 4) is 12.3 Å². The summed E-state index contributed by atoms with van der Waals surface area (Å²) in [7, 11) is 2.69. The summed E-state index contributed by atoms with van der Waals surface area (Å²) in [5.41, 5.74) is -0.683. The Morgan fingerprint density at radius 2 is 1.73 bits per heavy atom. The second-order valence-electron chi connectivity index (χ2n) is 12.1. The molecule has 3 N–H and O–H groups in total. The monoisotopic (exact) mass is 582 g/mol. The molecule has 0 aromatic carbocycles. The van der Waals surface area contributed by atoms with Gasteiger partial charge in [-0.05, 0) is 47.0 Å². The highest BCUT2D eigenvalue weighted by molar-refractivity contribution is 5.94. The highest BCUT2D eigenvalue weighted by Gasteiger charge is 2.56. The van der Waals surface area contributed by atoms with Gasteiger partial charge in [0.05, 0.1) is 26.6 Å². The van der Waals surface area contributed by atoms with Crippen molar-refractivity contribution in [3.63, 3.8) is 0 Å². The lowest BCUT2D eigenvalue weighted by atomic mass is 10.0. The number of carbonyl (C=O) groups is 4. The van der Waals surface area contributed by atoms with E-state index in [0.717, 1.165) is 0 Å². The number of terminal acetylenes is 1. The van der Waals surface area contributed by atoms with Gasteiger partial charge in [-0.25, -0.2) is 9.59 Å². The molecule has 0 aromatic rings. The average molecular weight is 583 g/mol. The molecule has 4 amide bonds. The normalized spacial score (nSPS) is 24.5. The number of nitrogens with zero attached hydrogens (tertiary/aromatic N) is 1. The first-order valence-electron chi connectivity index (χ1n) is 13.7. The van der Waals surface area contributed by atoms with Crippen LogP contribution in [0.4, 0.5) is 4.79 Å². The molecule has 41 heavy (non-hydrogen) atoms. The van der Waals surface area contributed by atoms with Crippen LogP contribution >= 0.6 is 0 Å². The predicted molar refractivity (Wildman–Crippen MR) is 148 cm³/mol. The number of urea groups is 1. The number of methoxy groups -OCH3 is 2. The van der Waals surface area contributed by atoms with E-state index in [2.05, 4.69) is 21.9 Å². The van der Waals surface area contributed by atoms with Crippen molar-refractivity contribution >= 4 is 23.8 Å². The minimum Gasteiger partial charge on any atom is -0.467 e. The second kappa shape index (κ2) is 14.3. The van der Waals surface area contributed by atoms with Crippen molar-refractivity contribution in [1.82, 2.24) is 20.9 Å². The van der Waals surface area contributed by atoms with Gasteiger partial charge in [-0.15, -0.1) is 6.42 Å². The first-order valence-corrected chi connectivity index (χ1v) is 13.7. The van der Waals surface area contributed by atoms with E-state index >= 15 is 0 Å². The summed E-state index contributed by atoms with van der Waals surface area (Å²) in [4.78, 5) is 54.1. The largest absolute Gasteiger partial charge is 0.467 e. The molecule has 2 heterocycles. The fraction of sp³-hybridized carbons (Fsp3) is 0.786. The van der Waals surface area contributed by atoms with Gasteiger partial charge < -0.3 is 44.5 Å². The number of carbonyl (C=O) groups excluding carboxylic acids is 4. The number of nitrogens with one attached hydrogen (secondary N) is 3. The SMILES string of the molecule is C#CCNC(=O)CC(C(=O)N[C@@H](CC(C)C)C(=O)OC)N(C[C@H]1O[C@@H](OC)[C@@H]2OC(C)(C)O[C@@H]21)C(=O)NC(C)(C)C. The number of amides is 4. The number of ether oxygens (including phenoxy) is 5. The molecule has 1 unspecified atom stereocenters. The average Bonchev–Trinajstić information content (AvgIpc) is 3.34. The Labute approximate surface area is 242 Å². The summed E-state index contributed by atoms with van der Waals surface area (Å²) in [5, 5.41) is 8.08. The van der Waals surface area contributed by atoms with Crippen LogP contribution in [-0.2, 0) is 38.1 Å². The van der Waals surface area contributed by atoms with Crippen LogP contribution in [0, 0.1) is 18.3 Å². The Morgan fingerprint density at radius 1 is 1.10 bits per heavy atom. The number of esters is 1. The molecule has 13 heteroatoms. The van der Waals surface area contributed by atoms with Crippen LogP contribution in [-0.4, -0.2) is 104 Å². The van der Waals surface area contributed by atoms with Gasteiger partial charge in [0.1, 0.15) is 30.4 Å². The van der Waals surface area contributed by atoms with Gasteiger partial charge in [0, 0.05) is 12.6 Å². The third-order valence-corrected chi connectivity index (χ3v) is 6.41. The summed E-state index contributed by atoms with van der Waals surface area (Å²) in [6.07, 6.45) is 2.40. The second-order valence-corrected chi connectivity index (χ2v) is 12.1. The summed E-state index contributed by atoms with van der Waals surface area (Å²) in [6, 6.07) is -2.97. The zero-order valence-corrected chi connectivity index (χ0v) is 25.6. The lowest BCUT2D eigenvalue weighted by Gasteiger charge is -2.36. The molecule has 2 fully saturated rings. The Kier molecular flexibility index (Phi) is 12.0. The van der Waals surface area contributed by atoms with Crippen molar-refractivity contribution in [1.29, 1.82) is 0 Å². The lowest BCUT2D eigenvalue weighted by molar-refractivity contribution is -0.228. The third kappa shape index (κ3) is 9.85. The maximum atomic E-state index is 13.8. The van der Waals surface area contributed by atoms with Crippen LogP contribution in [0.5, 0.6) is 0 Å². The first-order chi connectivity index (χ1) is 19.0. The minimum atomic E-state index is -1.35. The lowest BCUT2D eigenvalue weighted by Crippen LogP contribution is -2.60. The Hall–Kier alpha value is -2.92. The fourth-order valence-electron chi connectivity index (χ4n) is 4.75. The van der Waals surface area contributed by atoms with Crippen LogP contribution in [0.3, 0.4) is 0 Å². The molecule has 0 aromatic heterocycles. The topological polar surface area (TPSA) is 154 Å². The van der Waals surface area contributed by atoms with Gasteiger partial charge in [-0.2, -0.15) is 0 Å². The number of hydrogen-bond acceptors (Lipinski definition) is 9. The maximum absolute atomic E-state index is 13.8.